The Morgan fingerprint density at radius 1 is 1.24 bits per heavy atom. The summed E-state index contributed by atoms with van der Waals surface area (Å²) in [5.74, 6) is 1.48. The van der Waals surface area contributed by atoms with Crippen LogP contribution < -0.4 is 15.2 Å². The molecule has 0 atom stereocenters. The van der Waals surface area contributed by atoms with Crippen LogP contribution in [-0.4, -0.2) is 31.7 Å². The molecule has 0 aromatic heterocycles. The van der Waals surface area contributed by atoms with E-state index in [-0.39, 0.29) is 12.3 Å². The number of ether oxygens (including phenoxy) is 3. The Labute approximate surface area is 124 Å². The second-order valence-electron chi connectivity index (χ2n) is 5.44. The molecule has 116 valence electrons. The minimum absolute atomic E-state index is 0.149. The van der Waals surface area contributed by atoms with Gasteiger partial charge in [-0.15, -0.1) is 0 Å². The molecule has 2 N–H and O–H groups in total. The zero-order valence-corrected chi connectivity index (χ0v) is 13.1. The monoisotopic (exact) mass is 294 g/mol. The van der Waals surface area contributed by atoms with Crippen molar-refractivity contribution in [2.24, 2.45) is 10.7 Å². The predicted molar refractivity (Wildman–Crippen MR) is 81.1 cm³/mol. The summed E-state index contributed by atoms with van der Waals surface area (Å²) in [4.78, 5) is 15.3. The van der Waals surface area contributed by atoms with Gasteiger partial charge in [0.15, 0.2) is 0 Å². The van der Waals surface area contributed by atoms with Gasteiger partial charge >= 0.3 is 6.09 Å². The Bertz CT molecular complexity index is 533. The van der Waals surface area contributed by atoms with Crippen LogP contribution in [0.4, 0.5) is 4.79 Å². The largest absolute Gasteiger partial charge is 0.497 e. The van der Waals surface area contributed by atoms with Gasteiger partial charge in [0.25, 0.3) is 0 Å². The number of methoxy groups -OCH3 is 2. The fourth-order valence-corrected chi connectivity index (χ4v) is 1.66. The number of carbonyl (C=O) groups excluding carboxylic acids is 1. The van der Waals surface area contributed by atoms with E-state index in [0.717, 1.165) is 5.56 Å². The number of benzene rings is 1. The molecule has 21 heavy (non-hydrogen) atoms. The molecule has 0 saturated carbocycles. The Kier molecular flexibility index (Phi) is 5.58. The molecular weight excluding hydrogens is 272 g/mol. The molecule has 1 aromatic carbocycles. The summed E-state index contributed by atoms with van der Waals surface area (Å²) >= 11 is 0. The number of nitrogens with zero attached hydrogens (tertiary/aromatic N) is 1. The highest BCUT2D eigenvalue weighted by Crippen LogP contribution is 2.24. The number of aliphatic imine (C=N–C) groups is 1. The van der Waals surface area contributed by atoms with Crippen LogP contribution in [0, 0.1) is 0 Å². The zero-order valence-electron chi connectivity index (χ0n) is 13.1. The van der Waals surface area contributed by atoms with Crippen LogP contribution >= 0.6 is 0 Å². The van der Waals surface area contributed by atoms with Gasteiger partial charge in [-0.3, -0.25) is 0 Å². The fourth-order valence-electron chi connectivity index (χ4n) is 1.66. The lowest BCUT2D eigenvalue weighted by Crippen LogP contribution is -2.24. The first-order chi connectivity index (χ1) is 9.75. The maximum atomic E-state index is 11.6. The molecule has 0 aliphatic rings. The topological polar surface area (TPSA) is 83.1 Å². The average molecular weight is 294 g/mol. The summed E-state index contributed by atoms with van der Waals surface area (Å²) in [6.45, 7) is 5.30. The van der Waals surface area contributed by atoms with Gasteiger partial charge in [0.2, 0.25) is 0 Å². The van der Waals surface area contributed by atoms with E-state index in [0.29, 0.717) is 11.5 Å². The Hall–Kier alpha value is -2.24. The van der Waals surface area contributed by atoms with E-state index in [1.54, 1.807) is 53.2 Å². The summed E-state index contributed by atoms with van der Waals surface area (Å²) in [5, 5.41) is 0. The van der Waals surface area contributed by atoms with Crippen molar-refractivity contribution < 1.29 is 19.0 Å². The number of nitrogens with two attached hydrogens (primary N) is 1. The molecule has 0 bridgehead atoms. The van der Waals surface area contributed by atoms with E-state index in [2.05, 4.69) is 4.99 Å². The smallest absolute Gasteiger partial charge is 0.435 e. The maximum absolute atomic E-state index is 11.6. The lowest BCUT2D eigenvalue weighted by Gasteiger charge is -2.17. The quantitative estimate of drug-likeness (QED) is 0.681. The highest BCUT2D eigenvalue weighted by atomic mass is 16.6. The van der Waals surface area contributed by atoms with Crippen LogP contribution in [0.1, 0.15) is 26.3 Å². The van der Waals surface area contributed by atoms with Crippen molar-refractivity contribution >= 4 is 11.9 Å². The molecule has 1 amide bonds. The van der Waals surface area contributed by atoms with Gasteiger partial charge in [-0.25, -0.2) is 4.79 Å². The van der Waals surface area contributed by atoms with E-state index in [9.17, 15) is 4.79 Å². The van der Waals surface area contributed by atoms with Crippen molar-refractivity contribution in [2.75, 3.05) is 14.2 Å². The van der Waals surface area contributed by atoms with Gasteiger partial charge in [0.05, 0.1) is 14.2 Å². The first-order valence-corrected chi connectivity index (χ1v) is 6.52. The standard InChI is InChI=1S/C15H22N2O4/c1-15(2,3)21-14(18)17-13(16)9-10-8-11(19-4)6-7-12(10)20-5/h6-8H,9H2,1-5H3,(H2,16,17,18). The van der Waals surface area contributed by atoms with Crippen molar-refractivity contribution in [2.45, 2.75) is 32.8 Å². The van der Waals surface area contributed by atoms with Crippen LogP contribution in [0.15, 0.2) is 23.2 Å². The third-order valence-electron chi connectivity index (χ3n) is 2.49. The second-order valence-corrected chi connectivity index (χ2v) is 5.44. The van der Waals surface area contributed by atoms with E-state index < -0.39 is 11.7 Å². The molecule has 0 aliphatic carbocycles. The van der Waals surface area contributed by atoms with Gasteiger partial charge in [0, 0.05) is 12.0 Å². The summed E-state index contributed by atoms with van der Waals surface area (Å²) in [6.07, 6.45) is -0.443. The van der Waals surface area contributed by atoms with Crippen molar-refractivity contribution in [3.63, 3.8) is 0 Å². The molecule has 6 nitrogen and oxygen atoms in total. The van der Waals surface area contributed by atoms with E-state index >= 15 is 0 Å². The maximum Gasteiger partial charge on any atom is 0.435 e. The van der Waals surface area contributed by atoms with Crippen molar-refractivity contribution in [3.05, 3.63) is 23.8 Å². The average Bonchev–Trinajstić information content (AvgIpc) is 2.35. The van der Waals surface area contributed by atoms with Crippen LogP contribution in [0.5, 0.6) is 11.5 Å². The van der Waals surface area contributed by atoms with Gasteiger partial charge in [-0.1, -0.05) is 0 Å². The third kappa shape index (κ3) is 5.72. The number of rotatable bonds is 4. The highest BCUT2D eigenvalue weighted by molar-refractivity contribution is 5.92. The first kappa shape index (κ1) is 16.8. The summed E-state index contributed by atoms with van der Waals surface area (Å²) in [6, 6.07) is 5.34. The number of hydrogen-bond donors (Lipinski definition) is 1. The molecule has 0 radical (unpaired) electrons. The van der Waals surface area contributed by atoms with Crippen LogP contribution in [0.2, 0.25) is 0 Å². The third-order valence-corrected chi connectivity index (χ3v) is 2.49. The van der Waals surface area contributed by atoms with Crippen LogP contribution in [0.25, 0.3) is 0 Å². The van der Waals surface area contributed by atoms with Crippen LogP contribution in [0.3, 0.4) is 0 Å². The molecule has 0 aliphatic heterocycles. The lowest BCUT2D eigenvalue weighted by atomic mass is 10.1. The Morgan fingerprint density at radius 2 is 1.90 bits per heavy atom. The molecule has 0 heterocycles. The van der Waals surface area contributed by atoms with E-state index in [1.807, 2.05) is 0 Å². The van der Waals surface area contributed by atoms with Gasteiger partial charge in [-0.05, 0) is 39.0 Å². The number of carbonyl (C=O) groups is 1. The molecule has 0 saturated heterocycles. The molecule has 6 heteroatoms. The molecular formula is C15H22N2O4. The van der Waals surface area contributed by atoms with Crippen molar-refractivity contribution in [3.8, 4) is 11.5 Å². The number of hydrogen-bond acceptors (Lipinski definition) is 4. The molecule has 0 spiro atoms. The van der Waals surface area contributed by atoms with Gasteiger partial charge in [0.1, 0.15) is 22.9 Å². The number of amides is 1. The Morgan fingerprint density at radius 3 is 2.43 bits per heavy atom. The summed E-state index contributed by atoms with van der Waals surface area (Å²) in [7, 11) is 3.14. The van der Waals surface area contributed by atoms with E-state index in [4.69, 9.17) is 19.9 Å². The molecule has 0 fully saturated rings. The summed E-state index contributed by atoms with van der Waals surface area (Å²) < 4.78 is 15.5. The molecule has 1 rings (SSSR count). The van der Waals surface area contributed by atoms with Crippen molar-refractivity contribution in [1.82, 2.24) is 0 Å². The number of amidine groups is 1. The highest BCUT2D eigenvalue weighted by Gasteiger charge is 2.16. The Balaban J connectivity index is 2.87. The molecule has 0 unspecified atom stereocenters. The van der Waals surface area contributed by atoms with Crippen molar-refractivity contribution in [1.29, 1.82) is 0 Å². The lowest BCUT2D eigenvalue weighted by molar-refractivity contribution is 0.0604. The van der Waals surface area contributed by atoms with Crippen LogP contribution in [-0.2, 0) is 11.2 Å². The summed E-state index contributed by atoms with van der Waals surface area (Å²) in [5.41, 5.74) is 5.97. The predicted octanol–water partition coefficient (Wildman–Crippen LogP) is 2.54. The first-order valence-electron chi connectivity index (χ1n) is 6.52. The molecule has 1 aromatic rings. The van der Waals surface area contributed by atoms with Gasteiger partial charge < -0.3 is 19.9 Å². The zero-order chi connectivity index (χ0) is 16.0. The normalized spacial score (nSPS) is 12.0. The minimum Gasteiger partial charge on any atom is -0.497 e. The second kappa shape index (κ2) is 6.97. The fraction of sp³-hybridized carbons (Fsp3) is 0.467. The van der Waals surface area contributed by atoms with E-state index in [1.165, 1.54) is 0 Å². The SMILES string of the molecule is COc1ccc(OC)c(C/C(N)=N/C(=O)OC(C)(C)C)c1. The van der Waals surface area contributed by atoms with Gasteiger partial charge in [-0.2, -0.15) is 4.99 Å². The minimum atomic E-state index is -0.707.